The number of rotatable bonds is 6. The smallest absolute Gasteiger partial charge is 0.323 e. The molecule has 0 aliphatic heterocycles. The van der Waals surface area contributed by atoms with E-state index in [-0.39, 0.29) is 6.04 Å². The summed E-state index contributed by atoms with van der Waals surface area (Å²) in [4.78, 5) is 13.5. The minimum atomic E-state index is -1.12. The van der Waals surface area contributed by atoms with Crippen LogP contribution in [0.3, 0.4) is 0 Å². The Morgan fingerprint density at radius 3 is 2.44 bits per heavy atom. The van der Waals surface area contributed by atoms with Crippen LogP contribution in [0, 0.1) is 0 Å². The van der Waals surface area contributed by atoms with E-state index in [2.05, 4.69) is 18.7 Å². The fourth-order valence-electron chi connectivity index (χ4n) is 3.16. The number of carboxylic acids is 1. The Morgan fingerprint density at radius 2 is 2.00 bits per heavy atom. The standard InChI is InChI=1S/C14H28N2O2/c1-4-16(12-8-6-5-7-9-12)11(2)10-14(3,15)13(17)18/h11-12H,4-10,15H2,1-3H3,(H,17,18). The molecular weight excluding hydrogens is 228 g/mol. The first-order chi connectivity index (χ1) is 8.38. The molecule has 2 unspecified atom stereocenters. The van der Waals surface area contributed by atoms with Gasteiger partial charge in [-0.15, -0.1) is 0 Å². The molecule has 0 aromatic rings. The molecule has 0 aromatic carbocycles. The van der Waals surface area contributed by atoms with Crippen LogP contribution in [-0.2, 0) is 4.79 Å². The van der Waals surface area contributed by atoms with E-state index in [9.17, 15) is 4.79 Å². The van der Waals surface area contributed by atoms with Crippen molar-refractivity contribution in [1.82, 2.24) is 4.90 Å². The predicted molar refractivity (Wildman–Crippen MR) is 73.6 cm³/mol. The summed E-state index contributed by atoms with van der Waals surface area (Å²) < 4.78 is 0. The van der Waals surface area contributed by atoms with E-state index in [1.165, 1.54) is 32.1 Å². The molecule has 1 aliphatic carbocycles. The summed E-state index contributed by atoms with van der Waals surface area (Å²) in [5, 5.41) is 9.11. The maximum atomic E-state index is 11.1. The number of carbonyl (C=O) groups is 1. The Kier molecular flexibility index (Phi) is 5.60. The van der Waals surface area contributed by atoms with Gasteiger partial charge in [0.15, 0.2) is 0 Å². The second-order valence-electron chi connectivity index (χ2n) is 5.90. The largest absolute Gasteiger partial charge is 0.480 e. The zero-order valence-electron chi connectivity index (χ0n) is 12.0. The average Bonchev–Trinajstić information content (AvgIpc) is 2.30. The number of hydrogen-bond acceptors (Lipinski definition) is 3. The number of carboxylic acid groups (broad SMARTS) is 1. The van der Waals surface area contributed by atoms with Crippen LogP contribution in [0.1, 0.15) is 59.3 Å². The van der Waals surface area contributed by atoms with Gasteiger partial charge in [0, 0.05) is 12.1 Å². The van der Waals surface area contributed by atoms with Gasteiger partial charge in [0.25, 0.3) is 0 Å². The molecule has 2 atom stereocenters. The zero-order chi connectivity index (χ0) is 13.8. The maximum absolute atomic E-state index is 11.1. The summed E-state index contributed by atoms with van der Waals surface area (Å²) in [5.74, 6) is -0.908. The Hall–Kier alpha value is -0.610. The summed E-state index contributed by atoms with van der Waals surface area (Å²) in [6.07, 6.45) is 6.93. The summed E-state index contributed by atoms with van der Waals surface area (Å²) in [5.41, 5.74) is 4.73. The van der Waals surface area contributed by atoms with Crippen LogP contribution >= 0.6 is 0 Å². The van der Waals surface area contributed by atoms with Gasteiger partial charge in [-0.1, -0.05) is 26.2 Å². The third-order valence-corrected chi connectivity index (χ3v) is 4.18. The van der Waals surface area contributed by atoms with Gasteiger partial charge in [0.05, 0.1) is 0 Å². The van der Waals surface area contributed by atoms with E-state index in [1.807, 2.05) is 0 Å². The molecule has 1 saturated carbocycles. The topological polar surface area (TPSA) is 66.6 Å². The Bertz CT molecular complexity index is 273. The third kappa shape index (κ3) is 3.95. The van der Waals surface area contributed by atoms with Gasteiger partial charge < -0.3 is 10.8 Å². The predicted octanol–water partition coefficient (Wildman–Crippen LogP) is 2.22. The van der Waals surface area contributed by atoms with Crippen LogP contribution in [0.4, 0.5) is 0 Å². The van der Waals surface area contributed by atoms with Gasteiger partial charge in [0.2, 0.25) is 0 Å². The van der Waals surface area contributed by atoms with E-state index >= 15 is 0 Å². The second kappa shape index (κ2) is 6.53. The molecule has 0 amide bonds. The molecule has 0 aromatic heterocycles. The van der Waals surface area contributed by atoms with E-state index < -0.39 is 11.5 Å². The maximum Gasteiger partial charge on any atom is 0.323 e. The van der Waals surface area contributed by atoms with E-state index in [0.717, 1.165) is 6.54 Å². The molecule has 3 N–H and O–H groups in total. The molecular formula is C14H28N2O2. The van der Waals surface area contributed by atoms with Gasteiger partial charge >= 0.3 is 5.97 Å². The first-order valence-corrected chi connectivity index (χ1v) is 7.16. The highest BCUT2D eigenvalue weighted by Gasteiger charge is 2.33. The molecule has 0 heterocycles. The molecule has 0 bridgehead atoms. The van der Waals surface area contributed by atoms with Crippen LogP contribution in [0.15, 0.2) is 0 Å². The fraction of sp³-hybridized carbons (Fsp3) is 0.929. The zero-order valence-corrected chi connectivity index (χ0v) is 12.0. The summed E-state index contributed by atoms with van der Waals surface area (Å²) in [7, 11) is 0. The van der Waals surface area contributed by atoms with Gasteiger partial charge in [-0.05, 0) is 39.7 Å². The number of aliphatic carboxylic acids is 1. The number of nitrogens with two attached hydrogens (primary N) is 1. The summed E-state index contributed by atoms with van der Waals surface area (Å²) >= 11 is 0. The highest BCUT2D eigenvalue weighted by Crippen LogP contribution is 2.26. The van der Waals surface area contributed by atoms with Gasteiger partial charge in [-0.3, -0.25) is 9.69 Å². The molecule has 4 nitrogen and oxygen atoms in total. The molecule has 0 radical (unpaired) electrons. The number of nitrogens with zero attached hydrogens (tertiary/aromatic N) is 1. The lowest BCUT2D eigenvalue weighted by molar-refractivity contribution is -0.143. The molecule has 0 saturated heterocycles. The van der Waals surface area contributed by atoms with E-state index in [1.54, 1.807) is 6.92 Å². The van der Waals surface area contributed by atoms with Crippen molar-refractivity contribution in [3.05, 3.63) is 0 Å². The highest BCUT2D eigenvalue weighted by molar-refractivity contribution is 5.77. The van der Waals surface area contributed by atoms with Crippen molar-refractivity contribution in [2.75, 3.05) is 6.54 Å². The van der Waals surface area contributed by atoms with Crippen molar-refractivity contribution >= 4 is 5.97 Å². The molecule has 4 heteroatoms. The molecule has 106 valence electrons. The van der Waals surface area contributed by atoms with Crippen LogP contribution in [0.2, 0.25) is 0 Å². The van der Waals surface area contributed by atoms with Crippen LogP contribution in [0.5, 0.6) is 0 Å². The summed E-state index contributed by atoms with van der Waals surface area (Å²) in [6, 6.07) is 0.840. The lowest BCUT2D eigenvalue weighted by atomic mass is 9.89. The minimum absolute atomic E-state index is 0.226. The quantitative estimate of drug-likeness (QED) is 0.764. The number of hydrogen-bond donors (Lipinski definition) is 2. The Morgan fingerprint density at radius 1 is 1.44 bits per heavy atom. The first-order valence-electron chi connectivity index (χ1n) is 7.16. The lowest BCUT2D eigenvalue weighted by Crippen LogP contribution is -2.52. The summed E-state index contributed by atoms with van der Waals surface area (Å²) in [6.45, 7) is 6.84. The van der Waals surface area contributed by atoms with Gasteiger partial charge in [0.1, 0.15) is 5.54 Å². The minimum Gasteiger partial charge on any atom is -0.480 e. The van der Waals surface area contributed by atoms with Crippen molar-refractivity contribution < 1.29 is 9.90 Å². The fourth-order valence-corrected chi connectivity index (χ4v) is 3.16. The molecule has 1 aliphatic rings. The third-order valence-electron chi connectivity index (χ3n) is 4.18. The molecule has 18 heavy (non-hydrogen) atoms. The first kappa shape index (κ1) is 15.4. The average molecular weight is 256 g/mol. The molecule has 1 rings (SSSR count). The lowest BCUT2D eigenvalue weighted by Gasteiger charge is -2.39. The van der Waals surface area contributed by atoms with Gasteiger partial charge in [-0.2, -0.15) is 0 Å². The Labute approximate surface area is 111 Å². The van der Waals surface area contributed by atoms with Crippen LogP contribution < -0.4 is 5.73 Å². The monoisotopic (exact) mass is 256 g/mol. The normalized spacial score (nSPS) is 22.7. The Balaban J connectivity index is 2.61. The molecule has 1 fully saturated rings. The van der Waals surface area contributed by atoms with E-state index in [4.69, 9.17) is 10.8 Å². The van der Waals surface area contributed by atoms with Crippen molar-refractivity contribution in [1.29, 1.82) is 0 Å². The van der Waals surface area contributed by atoms with Crippen LogP contribution in [0.25, 0.3) is 0 Å². The van der Waals surface area contributed by atoms with Gasteiger partial charge in [-0.25, -0.2) is 0 Å². The van der Waals surface area contributed by atoms with Crippen molar-refractivity contribution in [2.24, 2.45) is 5.73 Å². The van der Waals surface area contributed by atoms with Crippen molar-refractivity contribution in [3.63, 3.8) is 0 Å². The van der Waals surface area contributed by atoms with E-state index in [0.29, 0.717) is 12.5 Å². The second-order valence-corrected chi connectivity index (χ2v) is 5.90. The SMILES string of the molecule is CCN(C(C)CC(C)(N)C(=O)O)C1CCCCC1. The highest BCUT2D eigenvalue weighted by atomic mass is 16.4. The molecule has 0 spiro atoms. The van der Waals surface area contributed by atoms with Crippen LogP contribution in [-0.4, -0.2) is 40.1 Å². The van der Waals surface area contributed by atoms with Crippen molar-refractivity contribution in [3.8, 4) is 0 Å². The van der Waals surface area contributed by atoms with Crippen molar-refractivity contribution in [2.45, 2.75) is 76.9 Å².